The molecular formula is C20H17ClFN3O2. The van der Waals surface area contributed by atoms with Crippen LogP contribution in [0.15, 0.2) is 60.8 Å². The first-order valence-electron chi connectivity index (χ1n) is 8.14. The summed E-state index contributed by atoms with van der Waals surface area (Å²) in [6.45, 7) is 0.284. The maximum atomic E-state index is 12.9. The molecule has 0 radical (unpaired) electrons. The van der Waals surface area contributed by atoms with Crippen molar-refractivity contribution in [1.29, 1.82) is 0 Å². The zero-order valence-electron chi connectivity index (χ0n) is 14.5. The third kappa shape index (κ3) is 4.95. The highest BCUT2D eigenvalue weighted by atomic mass is 35.5. The lowest BCUT2D eigenvalue weighted by Gasteiger charge is -2.10. The van der Waals surface area contributed by atoms with E-state index in [1.807, 2.05) is 6.07 Å². The second-order valence-electron chi connectivity index (χ2n) is 5.71. The van der Waals surface area contributed by atoms with Crippen LogP contribution in [0.5, 0.6) is 5.75 Å². The van der Waals surface area contributed by atoms with E-state index < -0.39 is 0 Å². The van der Waals surface area contributed by atoms with Crippen LogP contribution in [0.25, 0.3) is 0 Å². The Balaban J connectivity index is 1.66. The molecule has 1 aromatic heterocycles. The van der Waals surface area contributed by atoms with Gasteiger partial charge >= 0.3 is 0 Å². The molecule has 7 heteroatoms. The second kappa shape index (κ2) is 8.51. The number of hydrogen-bond donors (Lipinski definition) is 2. The molecular weight excluding hydrogens is 369 g/mol. The predicted octanol–water partition coefficient (Wildman–Crippen LogP) is 4.56. The van der Waals surface area contributed by atoms with Crippen LogP contribution < -0.4 is 15.4 Å². The molecule has 0 aliphatic carbocycles. The molecule has 5 nitrogen and oxygen atoms in total. The Morgan fingerprint density at radius 3 is 2.56 bits per heavy atom. The first-order chi connectivity index (χ1) is 13.0. The highest BCUT2D eigenvalue weighted by Crippen LogP contribution is 2.28. The average Bonchev–Trinajstić information content (AvgIpc) is 2.68. The highest BCUT2D eigenvalue weighted by Gasteiger charge is 2.09. The van der Waals surface area contributed by atoms with E-state index in [4.69, 9.17) is 16.3 Å². The molecule has 1 amide bonds. The smallest absolute Gasteiger partial charge is 0.270 e. The van der Waals surface area contributed by atoms with Gasteiger partial charge in [-0.2, -0.15) is 0 Å². The number of carbonyl (C=O) groups is 1. The van der Waals surface area contributed by atoms with Crippen molar-refractivity contribution in [2.24, 2.45) is 0 Å². The molecule has 0 fully saturated rings. The third-order valence-corrected chi connectivity index (χ3v) is 4.09. The number of halogens is 2. The van der Waals surface area contributed by atoms with E-state index in [0.717, 1.165) is 11.3 Å². The minimum absolute atomic E-state index is 0.265. The number of carbonyl (C=O) groups excluding carboxylic acids is 1. The third-order valence-electron chi connectivity index (χ3n) is 3.80. The largest absolute Gasteiger partial charge is 0.495 e. The van der Waals surface area contributed by atoms with Crippen molar-refractivity contribution >= 4 is 28.9 Å². The Kier molecular flexibility index (Phi) is 5.88. The van der Waals surface area contributed by atoms with Gasteiger partial charge in [0, 0.05) is 24.1 Å². The highest BCUT2D eigenvalue weighted by molar-refractivity contribution is 6.32. The van der Waals surface area contributed by atoms with Gasteiger partial charge in [-0.1, -0.05) is 23.7 Å². The molecule has 3 rings (SSSR count). The van der Waals surface area contributed by atoms with Crippen LogP contribution in [0.2, 0.25) is 5.02 Å². The number of methoxy groups -OCH3 is 1. The number of nitrogens with one attached hydrogen (secondary N) is 2. The van der Waals surface area contributed by atoms with Crippen molar-refractivity contribution < 1.29 is 13.9 Å². The number of pyridine rings is 1. The molecule has 0 aliphatic rings. The SMILES string of the molecule is COc1ccc(Nc2ccnc(C(=O)NCc3ccc(F)cc3)c2)cc1Cl. The molecule has 2 aromatic carbocycles. The normalized spacial score (nSPS) is 10.3. The second-order valence-corrected chi connectivity index (χ2v) is 6.12. The zero-order chi connectivity index (χ0) is 19.2. The lowest BCUT2D eigenvalue weighted by molar-refractivity contribution is 0.0946. The summed E-state index contributed by atoms with van der Waals surface area (Å²) in [5.41, 5.74) is 2.51. The van der Waals surface area contributed by atoms with Crippen molar-refractivity contribution in [2.75, 3.05) is 12.4 Å². The first kappa shape index (κ1) is 18.7. The Bertz CT molecular complexity index is 948. The van der Waals surface area contributed by atoms with Crippen LogP contribution >= 0.6 is 11.6 Å². The molecule has 0 unspecified atom stereocenters. The van der Waals surface area contributed by atoms with Crippen molar-refractivity contribution in [3.63, 3.8) is 0 Å². The quantitative estimate of drug-likeness (QED) is 0.653. The Labute approximate surface area is 161 Å². The van der Waals surface area contributed by atoms with Crippen LogP contribution in [-0.4, -0.2) is 18.0 Å². The summed E-state index contributed by atoms with van der Waals surface area (Å²) < 4.78 is 18.0. The fourth-order valence-electron chi connectivity index (χ4n) is 2.42. The zero-order valence-corrected chi connectivity index (χ0v) is 15.3. The van der Waals surface area contributed by atoms with Crippen molar-refractivity contribution in [3.8, 4) is 5.75 Å². The minimum atomic E-state index is -0.323. The minimum Gasteiger partial charge on any atom is -0.495 e. The van der Waals surface area contributed by atoms with Gasteiger partial charge in [-0.05, 0) is 48.0 Å². The van der Waals surface area contributed by atoms with Crippen LogP contribution in [-0.2, 0) is 6.54 Å². The van der Waals surface area contributed by atoms with E-state index in [1.165, 1.54) is 12.1 Å². The van der Waals surface area contributed by atoms with Gasteiger partial charge < -0.3 is 15.4 Å². The number of aromatic nitrogens is 1. The van der Waals surface area contributed by atoms with Crippen molar-refractivity contribution in [3.05, 3.63) is 82.9 Å². The number of ether oxygens (including phenoxy) is 1. The molecule has 3 aromatic rings. The van der Waals surface area contributed by atoms with Crippen molar-refractivity contribution in [2.45, 2.75) is 6.54 Å². The molecule has 2 N–H and O–H groups in total. The number of rotatable bonds is 6. The topological polar surface area (TPSA) is 63.2 Å². The Morgan fingerprint density at radius 1 is 1.11 bits per heavy atom. The van der Waals surface area contributed by atoms with E-state index in [-0.39, 0.29) is 24.0 Å². The molecule has 0 spiro atoms. The van der Waals surface area contributed by atoms with Gasteiger partial charge in [0.05, 0.1) is 12.1 Å². The lowest BCUT2D eigenvalue weighted by Crippen LogP contribution is -2.23. The van der Waals surface area contributed by atoms with Crippen LogP contribution in [0.1, 0.15) is 16.1 Å². The van der Waals surface area contributed by atoms with Crippen LogP contribution in [0.4, 0.5) is 15.8 Å². The number of hydrogen-bond acceptors (Lipinski definition) is 4. The number of anilines is 2. The molecule has 1 heterocycles. The van der Waals surface area contributed by atoms with Gasteiger partial charge in [-0.3, -0.25) is 9.78 Å². The summed E-state index contributed by atoms with van der Waals surface area (Å²) in [6, 6.07) is 14.6. The van der Waals surface area contributed by atoms with Crippen LogP contribution in [0.3, 0.4) is 0 Å². The number of amides is 1. The summed E-state index contributed by atoms with van der Waals surface area (Å²) in [7, 11) is 1.55. The molecule has 0 atom stereocenters. The summed E-state index contributed by atoms with van der Waals surface area (Å²) in [5.74, 6) is -0.0577. The van der Waals surface area contributed by atoms with Gasteiger partial charge in [-0.15, -0.1) is 0 Å². The fraction of sp³-hybridized carbons (Fsp3) is 0.100. The molecule has 0 saturated carbocycles. The summed E-state index contributed by atoms with van der Waals surface area (Å²) in [4.78, 5) is 16.4. The first-order valence-corrected chi connectivity index (χ1v) is 8.52. The lowest BCUT2D eigenvalue weighted by atomic mass is 10.2. The average molecular weight is 386 g/mol. The van der Waals surface area contributed by atoms with E-state index in [2.05, 4.69) is 15.6 Å². The fourth-order valence-corrected chi connectivity index (χ4v) is 2.68. The molecule has 0 saturated heterocycles. The van der Waals surface area contributed by atoms with Crippen molar-refractivity contribution in [1.82, 2.24) is 10.3 Å². The molecule has 27 heavy (non-hydrogen) atoms. The van der Waals surface area contributed by atoms with E-state index in [0.29, 0.717) is 16.5 Å². The summed E-state index contributed by atoms with van der Waals surface area (Å²) >= 11 is 6.12. The van der Waals surface area contributed by atoms with Gasteiger partial charge in [0.1, 0.15) is 17.3 Å². The summed E-state index contributed by atoms with van der Waals surface area (Å²) in [5, 5.41) is 6.41. The van der Waals surface area contributed by atoms with Gasteiger partial charge in [0.25, 0.3) is 5.91 Å². The van der Waals surface area contributed by atoms with Gasteiger partial charge in [-0.25, -0.2) is 4.39 Å². The maximum absolute atomic E-state index is 12.9. The van der Waals surface area contributed by atoms with E-state index in [1.54, 1.807) is 49.7 Å². The predicted molar refractivity (Wildman–Crippen MR) is 103 cm³/mol. The molecule has 138 valence electrons. The molecule has 0 bridgehead atoms. The van der Waals surface area contributed by atoms with E-state index in [9.17, 15) is 9.18 Å². The van der Waals surface area contributed by atoms with E-state index >= 15 is 0 Å². The van der Waals surface area contributed by atoms with Gasteiger partial charge in [0.15, 0.2) is 0 Å². The molecule has 0 aliphatic heterocycles. The maximum Gasteiger partial charge on any atom is 0.270 e. The monoisotopic (exact) mass is 385 g/mol. The Morgan fingerprint density at radius 2 is 1.85 bits per heavy atom. The number of nitrogens with zero attached hydrogens (tertiary/aromatic N) is 1. The van der Waals surface area contributed by atoms with Crippen LogP contribution in [0, 0.1) is 5.82 Å². The number of benzene rings is 2. The van der Waals surface area contributed by atoms with Gasteiger partial charge in [0.2, 0.25) is 0 Å². The Hall–Kier alpha value is -3.12. The standard InChI is InChI=1S/C20H17ClFN3O2/c1-27-19-7-6-15(10-17(19)21)25-16-8-9-23-18(11-16)20(26)24-12-13-2-4-14(22)5-3-13/h2-11H,12H2,1H3,(H,23,25)(H,24,26). The summed E-state index contributed by atoms with van der Waals surface area (Å²) in [6.07, 6.45) is 1.54.